The van der Waals surface area contributed by atoms with E-state index in [9.17, 15) is 17.6 Å². The molecule has 1 atom stereocenters. The van der Waals surface area contributed by atoms with Crippen molar-refractivity contribution in [1.82, 2.24) is 4.31 Å². The number of aryl methyl sites for hydroxylation is 2. The molecular weight excluding hydrogens is 355 g/mol. The third-order valence-corrected chi connectivity index (χ3v) is 6.49. The van der Waals surface area contributed by atoms with Gasteiger partial charge in [0.2, 0.25) is 15.9 Å². The van der Waals surface area contributed by atoms with Crippen LogP contribution in [-0.2, 0) is 14.8 Å². The maximum absolute atomic E-state index is 13.1. The zero-order valence-electron chi connectivity index (χ0n) is 14.7. The molecule has 7 heteroatoms. The Morgan fingerprint density at radius 1 is 1.15 bits per heavy atom. The number of sulfonamides is 1. The second-order valence-corrected chi connectivity index (χ2v) is 8.43. The van der Waals surface area contributed by atoms with Crippen LogP contribution in [0.1, 0.15) is 24.0 Å². The van der Waals surface area contributed by atoms with Crippen LogP contribution in [0.4, 0.5) is 10.1 Å². The van der Waals surface area contributed by atoms with Crippen molar-refractivity contribution in [3.8, 4) is 0 Å². The van der Waals surface area contributed by atoms with Crippen LogP contribution in [0.5, 0.6) is 0 Å². The SMILES string of the molecule is Cc1ccc(NC(=O)[C@H]2CCCN2S(=O)(=O)c2ccc(F)cc2)c(C)c1. The third kappa shape index (κ3) is 3.64. The number of nitrogens with zero attached hydrogens (tertiary/aromatic N) is 1. The lowest BCUT2D eigenvalue weighted by Gasteiger charge is -2.23. The quantitative estimate of drug-likeness (QED) is 0.891. The van der Waals surface area contributed by atoms with Gasteiger partial charge in [0.15, 0.2) is 0 Å². The third-order valence-electron chi connectivity index (χ3n) is 4.57. The summed E-state index contributed by atoms with van der Waals surface area (Å²) in [4.78, 5) is 12.7. The van der Waals surface area contributed by atoms with Crippen LogP contribution >= 0.6 is 0 Å². The highest BCUT2D eigenvalue weighted by Gasteiger charge is 2.39. The van der Waals surface area contributed by atoms with E-state index in [4.69, 9.17) is 0 Å². The van der Waals surface area contributed by atoms with E-state index in [2.05, 4.69) is 5.32 Å². The van der Waals surface area contributed by atoms with E-state index in [-0.39, 0.29) is 17.3 Å². The smallest absolute Gasteiger partial charge is 0.243 e. The van der Waals surface area contributed by atoms with Gasteiger partial charge in [-0.3, -0.25) is 4.79 Å². The van der Waals surface area contributed by atoms with Gasteiger partial charge >= 0.3 is 0 Å². The van der Waals surface area contributed by atoms with E-state index >= 15 is 0 Å². The second-order valence-electron chi connectivity index (χ2n) is 6.54. The van der Waals surface area contributed by atoms with Gasteiger partial charge < -0.3 is 5.32 Å². The van der Waals surface area contributed by atoms with E-state index in [1.54, 1.807) is 0 Å². The lowest BCUT2D eigenvalue weighted by atomic mass is 10.1. The predicted molar refractivity (Wildman–Crippen MR) is 97.9 cm³/mol. The van der Waals surface area contributed by atoms with Gasteiger partial charge in [-0.05, 0) is 62.6 Å². The normalized spacial score (nSPS) is 18.0. The zero-order valence-corrected chi connectivity index (χ0v) is 15.5. The first-order valence-electron chi connectivity index (χ1n) is 8.44. The van der Waals surface area contributed by atoms with Crippen molar-refractivity contribution in [2.24, 2.45) is 0 Å². The Balaban J connectivity index is 1.83. The average molecular weight is 376 g/mol. The summed E-state index contributed by atoms with van der Waals surface area (Å²) in [6, 6.07) is 9.55. The maximum Gasteiger partial charge on any atom is 0.243 e. The summed E-state index contributed by atoms with van der Waals surface area (Å²) in [6.07, 6.45) is 1.06. The number of amides is 1. The number of carbonyl (C=O) groups excluding carboxylic acids is 1. The fourth-order valence-corrected chi connectivity index (χ4v) is 4.86. The van der Waals surface area contributed by atoms with Crippen molar-refractivity contribution in [3.05, 3.63) is 59.4 Å². The Kier molecular flexibility index (Phi) is 5.11. The summed E-state index contributed by atoms with van der Waals surface area (Å²) in [7, 11) is -3.85. The lowest BCUT2D eigenvalue weighted by Crippen LogP contribution is -2.43. The van der Waals surface area contributed by atoms with E-state index < -0.39 is 21.9 Å². The Morgan fingerprint density at radius 3 is 2.50 bits per heavy atom. The fourth-order valence-electron chi connectivity index (χ4n) is 3.20. The van der Waals surface area contributed by atoms with E-state index in [0.29, 0.717) is 18.5 Å². The fraction of sp³-hybridized carbons (Fsp3) is 0.316. The van der Waals surface area contributed by atoms with Crippen LogP contribution in [0.25, 0.3) is 0 Å². The van der Waals surface area contributed by atoms with Crippen LogP contribution in [-0.4, -0.2) is 31.2 Å². The number of nitrogens with one attached hydrogen (secondary N) is 1. The first kappa shape index (κ1) is 18.5. The van der Waals surface area contributed by atoms with Crippen LogP contribution in [0.3, 0.4) is 0 Å². The Bertz CT molecular complexity index is 926. The van der Waals surface area contributed by atoms with Gasteiger partial charge in [-0.2, -0.15) is 4.31 Å². The molecule has 1 N–H and O–H groups in total. The number of halogens is 1. The summed E-state index contributed by atoms with van der Waals surface area (Å²) in [6.45, 7) is 4.13. The molecule has 0 spiro atoms. The van der Waals surface area contributed by atoms with Gasteiger partial charge in [-0.1, -0.05) is 17.7 Å². The van der Waals surface area contributed by atoms with Crippen LogP contribution in [0.15, 0.2) is 47.4 Å². The van der Waals surface area contributed by atoms with Gasteiger partial charge in [0, 0.05) is 12.2 Å². The van der Waals surface area contributed by atoms with Gasteiger partial charge in [0.05, 0.1) is 4.90 Å². The summed E-state index contributed by atoms with van der Waals surface area (Å²) >= 11 is 0. The molecule has 1 aliphatic heterocycles. The molecule has 2 aromatic carbocycles. The molecule has 1 amide bonds. The number of hydrogen-bond donors (Lipinski definition) is 1. The molecule has 3 rings (SSSR count). The molecule has 0 bridgehead atoms. The number of anilines is 1. The number of hydrogen-bond acceptors (Lipinski definition) is 3. The molecule has 0 aliphatic carbocycles. The highest BCUT2D eigenvalue weighted by atomic mass is 32.2. The topological polar surface area (TPSA) is 66.5 Å². The summed E-state index contributed by atoms with van der Waals surface area (Å²) < 4.78 is 40.0. The van der Waals surface area contributed by atoms with Crippen molar-refractivity contribution in [2.45, 2.75) is 37.6 Å². The Morgan fingerprint density at radius 2 is 1.85 bits per heavy atom. The van der Waals surface area contributed by atoms with Crippen LogP contribution < -0.4 is 5.32 Å². The molecule has 0 radical (unpaired) electrons. The number of carbonyl (C=O) groups is 1. The molecule has 0 unspecified atom stereocenters. The summed E-state index contributed by atoms with van der Waals surface area (Å²) in [5.41, 5.74) is 2.68. The maximum atomic E-state index is 13.1. The highest BCUT2D eigenvalue weighted by Crippen LogP contribution is 2.27. The molecule has 1 aliphatic rings. The molecule has 26 heavy (non-hydrogen) atoms. The molecule has 1 saturated heterocycles. The average Bonchev–Trinajstić information content (AvgIpc) is 3.08. The lowest BCUT2D eigenvalue weighted by molar-refractivity contribution is -0.119. The first-order valence-corrected chi connectivity index (χ1v) is 9.88. The van der Waals surface area contributed by atoms with Crippen molar-refractivity contribution in [1.29, 1.82) is 0 Å². The van der Waals surface area contributed by atoms with E-state index in [1.165, 1.54) is 16.4 Å². The van der Waals surface area contributed by atoms with Gasteiger partial charge in [-0.15, -0.1) is 0 Å². The second kappa shape index (κ2) is 7.17. The predicted octanol–water partition coefficient (Wildman–Crippen LogP) is 3.23. The number of rotatable bonds is 4. The standard InChI is InChI=1S/C19H21FN2O3S/c1-13-5-10-17(14(2)12-13)21-19(23)18-4-3-11-22(18)26(24,25)16-8-6-15(20)7-9-16/h5-10,12,18H,3-4,11H2,1-2H3,(H,21,23)/t18-/m1/s1. The first-order chi connectivity index (χ1) is 12.3. The van der Waals surface area contributed by atoms with Gasteiger partial charge in [-0.25, -0.2) is 12.8 Å². The minimum Gasteiger partial charge on any atom is -0.324 e. The van der Waals surface area contributed by atoms with Crippen LogP contribution in [0.2, 0.25) is 0 Å². The minimum atomic E-state index is -3.85. The largest absolute Gasteiger partial charge is 0.324 e. The highest BCUT2D eigenvalue weighted by molar-refractivity contribution is 7.89. The molecule has 1 heterocycles. The Hall–Kier alpha value is -2.25. The van der Waals surface area contributed by atoms with Crippen molar-refractivity contribution in [2.75, 3.05) is 11.9 Å². The molecule has 0 aromatic heterocycles. The monoisotopic (exact) mass is 376 g/mol. The zero-order chi connectivity index (χ0) is 18.9. The van der Waals surface area contributed by atoms with Crippen LogP contribution in [0, 0.1) is 19.7 Å². The summed E-state index contributed by atoms with van der Waals surface area (Å²) in [5.74, 6) is -0.852. The molecule has 0 saturated carbocycles. The molecule has 138 valence electrons. The van der Waals surface area contributed by atoms with Crippen molar-refractivity contribution in [3.63, 3.8) is 0 Å². The molecule has 2 aromatic rings. The molecule has 5 nitrogen and oxygen atoms in total. The Labute approximate surface area is 152 Å². The minimum absolute atomic E-state index is 0.00915. The molecule has 1 fully saturated rings. The van der Waals surface area contributed by atoms with Gasteiger partial charge in [0.1, 0.15) is 11.9 Å². The number of benzene rings is 2. The summed E-state index contributed by atoms with van der Waals surface area (Å²) in [5, 5.41) is 2.84. The van der Waals surface area contributed by atoms with Gasteiger partial charge in [0.25, 0.3) is 0 Å². The molecular formula is C19H21FN2O3S. The van der Waals surface area contributed by atoms with E-state index in [0.717, 1.165) is 23.3 Å². The van der Waals surface area contributed by atoms with Crippen molar-refractivity contribution < 1.29 is 17.6 Å². The van der Waals surface area contributed by atoms with E-state index in [1.807, 2.05) is 32.0 Å². The van der Waals surface area contributed by atoms with Crippen molar-refractivity contribution >= 4 is 21.6 Å².